The molecule has 1 saturated carbocycles. The minimum Gasteiger partial charge on any atom is -0.349 e. The van der Waals surface area contributed by atoms with Crippen LogP contribution < -0.4 is 0 Å². The molecule has 1 aliphatic heterocycles. The summed E-state index contributed by atoms with van der Waals surface area (Å²) in [6.07, 6.45) is 14.9. The first-order valence-electron chi connectivity index (χ1n) is 12.2. The summed E-state index contributed by atoms with van der Waals surface area (Å²) in [5.74, 6) is 1.08. The zero-order valence-electron chi connectivity index (χ0n) is 19.3. The normalized spacial score (nSPS) is 23.0. The molecule has 5 nitrogen and oxygen atoms in total. The summed E-state index contributed by atoms with van der Waals surface area (Å²) in [4.78, 5) is 27.9. The number of pyridine rings is 1. The molecule has 0 bridgehead atoms. The summed E-state index contributed by atoms with van der Waals surface area (Å²) >= 11 is 0. The molecule has 1 fully saturated rings. The summed E-state index contributed by atoms with van der Waals surface area (Å²) in [5, 5.41) is 0. The lowest BCUT2D eigenvalue weighted by Crippen LogP contribution is -2.32. The number of nitrogens with zero attached hydrogens (tertiary/aromatic N) is 3. The number of aromatic amines is 1. The monoisotopic (exact) mass is 430 g/mol. The number of hydrogen-bond donors (Lipinski definition) is 1. The second kappa shape index (κ2) is 9.14. The van der Waals surface area contributed by atoms with Gasteiger partial charge in [0.1, 0.15) is 5.78 Å². The molecule has 4 aliphatic rings. The molecule has 1 aromatic rings. The van der Waals surface area contributed by atoms with Gasteiger partial charge in [0.15, 0.2) is 0 Å². The summed E-state index contributed by atoms with van der Waals surface area (Å²) in [6, 6.07) is 6.95. The van der Waals surface area contributed by atoms with Crippen molar-refractivity contribution in [1.82, 2.24) is 19.9 Å². The third-order valence-corrected chi connectivity index (χ3v) is 7.79. The number of Topliss-reactive ketones (excluding diaryl/α,β-unsaturated/α-hetero) is 1. The first-order chi connectivity index (χ1) is 15.6. The number of aromatic nitrogens is 3. The van der Waals surface area contributed by atoms with Crippen LogP contribution in [0.2, 0.25) is 0 Å². The Morgan fingerprint density at radius 3 is 2.78 bits per heavy atom. The maximum atomic E-state index is 13.3. The Morgan fingerprint density at radius 2 is 2.03 bits per heavy atom. The van der Waals surface area contributed by atoms with Crippen LogP contribution in [0.1, 0.15) is 66.8 Å². The van der Waals surface area contributed by atoms with Gasteiger partial charge < -0.3 is 9.88 Å². The van der Waals surface area contributed by atoms with E-state index < -0.39 is 0 Å². The first-order valence-corrected chi connectivity index (χ1v) is 12.2. The van der Waals surface area contributed by atoms with Crippen LogP contribution in [0.4, 0.5) is 0 Å². The number of nitrogens with one attached hydrogen (secondary N) is 1. The zero-order valence-corrected chi connectivity index (χ0v) is 19.3. The molecule has 0 radical (unpaired) electrons. The number of hydrogen-bond acceptors (Lipinski definition) is 4. The highest BCUT2D eigenvalue weighted by Crippen LogP contribution is 2.46. The summed E-state index contributed by atoms with van der Waals surface area (Å²) in [5.41, 5.74) is 7.35. The molecule has 5 rings (SSSR count). The fraction of sp³-hybridized carbons (Fsp3) is 0.519. The van der Waals surface area contributed by atoms with E-state index in [1.165, 1.54) is 48.1 Å². The van der Waals surface area contributed by atoms with Gasteiger partial charge in [-0.2, -0.15) is 0 Å². The van der Waals surface area contributed by atoms with Crippen LogP contribution in [0.5, 0.6) is 0 Å². The fourth-order valence-corrected chi connectivity index (χ4v) is 5.96. The van der Waals surface area contributed by atoms with E-state index in [2.05, 4.69) is 46.1 Å². The van der Waals surface area contributed by atoms with Gasteiger partial charge in [0, 0.05) is 42.0 Å². The molecule has 32 heavy (non-hydrogen) atoms. The van der Waals surface area contributed by atoms with Crippen LogP contribution >= 0.6 is 0 Å². The third kappa shape index (κ3) is 4.23. The maximum absolute atomic E-state index is 13.3. The van der Waals surface area contributed by atoms with Gasteiger partial charge in [0.2, 0.25) is 0 Å². The summed E-state index contributed by atoms with van der Waals surface area (Å²) < 4.78 is 0. The van der Waals surface area contributed by atoms with Crippen LogP contribution in [-0.2, 0) is 24.1 Å². The summed E-state index contributed by atoms with van der Waals surface area (Å²) in [6.45, 7) is 0. The number of ketones is 1. The number of aryl methyl sites for hydroxylation is 2. The highest BCUT2D eigenvalue weighted by molar-refractivity contribution is 5.91. The first kappa shape index (κ1) is 21.3. The molecule has 1 N–H and O–H groups in total. The van der Waals surface area contributed by atoms with Crippen molar-refractivity contribution in [2.24, 2.45) is 5.92 Å². The Hall–Kier alpha value is -2.53. The zero-order chi connectivity index (χ0) is 22.1. The van der Waals surface area contributed by atoms with Crippen molar-refractivity contribution in [1.29, 1.82) is 0 Å². The second-order valence-corrected chi connectivity index (χ2v) is 9.99. The number of H-pyrrole nitrogens is 1. The fourth-order valence-electron chi connectivity index (χ4n) is 5.96. The smallest absolute Gasteiger partial charge is 0.140 e. The molecule has 2 heterocycles. The molecule has 1 atom stereocenters. The van der Waals surface area contributed by atoms with Gasteiger partial charge in [-0.3, -0.25) is 9.78 Å². The van der Waals surface area contributed by atoms with Gasteiger partial charge >= 0.3 is 0 Å². The Kier molecular flexibility index (Phi) is 6.09. The molecule has 0 aromatic carbocycles. The SMILES string of the molecule is CN(C)C1CCC(Cc2[nH]cnc3cc4c(c2-3)C(C(=O)CCc2cccnc2)CC4)CC1. The van der Waals surface area contributed by atoms with E-state index in [9.17, 15) is 4.79 Å². The van der Waals surface area contributed by atoms with Crippen LogP contribution in [0.25, 0.3) is 11.3 Å². The van der Waals surface area contributed by atoms with Gasteiger partial charge in [0.25, 0.3) is 0 Å². The minimum atomic E-state index is 0.0139. The van der Waals surface area contributed by atoms with Crippen LogP contribution in [-0.4, -0.2) is 45.8 Å². The third-order valence-electron chi connectivity index (χ3n) is 7.79. The van der Waals surface area contributed by atoms with Crippen LogP contribution in [0.15, 0.2) is 36.9 Å². The number of carbonyl (C=O) groups excluding carboxylic acids is 1. The molecular formula is C27H34N4O. The Bertz CT molecular complexity index is 1030. The molecule has 1 unspecified atom stereocenters. The number of carbonyl (C=O) groups is 1. The van der Waals surface area contributed by atoms with E-state index in [1.807, 2.05) is 18.6 Å². The van der Waals surface area contributed by atoms with Crippen molar-refractivity contribution in [3.05, 3.63) is 59.3 Å². The molecule has 3 aliphatic carbocycles. The van der Waals surface area contributed by atoms with Crippen molar-refractivity contribution in [3.63, 3.8) is 0 Å². The number of fused-ring (bicyclic) bond motifs is 3. The molecule has 0 amide bonds. The molecular weight excluding hydrogens is 396 g/mol. The van der Waals surface area contributed by atoms with Crippen LogP contribution in [0, 0.1) is 5.92 Å². The van der Waals surface area contributed by atoms with Crippen molar-refractivity contribution in [2.75, 3.05) is 14.1 Å². The highest BCUT2D eigenvalue weighted by atomic mass is 16.1. The lowest BCUT2D eigenvalue weighted by atomic mass is 9.81. The predicted octanol–water partition coefficient (Wildman–Crippen LogP) is 4.80. The molecule has 0 spiro atoms. The Labute approximate surface area is 191 Å². The highest BCUT2D eigenvalue weighted by Gasteiger charge is 2.35. The van der Waals surface area contributed by atoms with Crippen molar-refractivity contribution >= 4 is 5.78 Å². The average molecular weight is 431 g/mol. The standard InChI is InChI=1S/C27H34N4O/c1-31(2)21-9-5-18(6-10-21)14-23-27-24(30-17-29-23)15-20-8-11-22(26(20)27)25(32)12-7-19-4-3-13-28-16-19/h3-4,13,15-18,21-22H,5-12,14H2,1-2H3,(H,29,30). The van der Waals surface area contributed by atoms with Crippen molar-refractivity contribution in [2.45, 2.75) is 69.7 Å². The van der Waals surface area contributed by atoms with Gasteiger partial charge in [-0.25, -0.2) is 4.98 Å². The van der Waals surface area contributed by atoms with Crippen LogP contribution in [0.3, 0.4) is 0 Å². The van der Waals surface area contributed by atoms with E-state index >= 15 is 0 Å². The van der Waals surface area contributed by atoms with Gasteiger partial charge in [-0.1, -0.05) is 6.07 Å². The Balaban J connectivity index is 1.34. The van der Waals surface area contributed by atoms with E-state index in [4.69, 9.17) is 0 Å². The molecule has 5 heteroatoms. The second-order valence-electron chi connectivity index (χ2n) is 9.99. The minimum absolute atomic E-state index is 0.0139. The average Bonchev–Trinajstić information content (AvgIpc) is 3.38. The molecule has 168 valence electrons. The topological polar surface area (TPSA) is 61.9 Å². The molecule has 1 aromatic heterocycles. The largest absolute Gasteiger partial charge is 0.349 e. The lowest BCUT2D eigenvalue weighted by Gasteiger charge is -2.33. The maximum Gasteiger partial charge on any atom is 0.140 e. The van der Waals surface area contributed by atoms with E-state index in [0.29, 0.717) is 18.1 Å². The van der Waals surface area contributed by atoms with E-state index in [1.54, 1.807) is 6.20 Å². The predicted molar refractivity (Wildman–Crippen MR) is 127 cm³/mol. The summed E-state index contributed by atoms with van der Waals surface area (Å²) in [7, 11) is 4.40. The lowest BCUT2D eigenvalue weighted by molar-refractivity contribution is -0.120. The van der Waals surface area contributed by atoms with Gasteiger partial charge in [-0.05, 0) is 100 Å². The van der Waals surface area contributed by atoms with E-state index in [0.717, 1.165) is 43.0 Å². The van der Waals surface area contributed by atoms with Crippen molar-refractivity contribution < 1.29 is 4.79 Å². The molecule has 0 saturated heterocycles. The van der Waals surface area contributed by atoms with Crippen molar-refractivity contribution in [3.8, 4) is 11.3 Å². The number of rotatable bonds is 7. The van der Waals surface area contributed by atoms with Gasteiger partial charge in [0.05, 0.1) is 12.0 Å². The van der Waals surface area contributed by atoms with Gasteiger partial charge in [-0.15, -0.1) is 0 Å². The quantitative estimate of drug-likeness (QED) is 0.585. The van der Waals surface area contributed by atoms with E-state index in [-0.39, 0.29) is 5.92 Å². The Morgan fingerprint density at radius 1 is 1.19 bits per heavy atom.